The molecule has 2 saturated carbocycles. The third kappa shape index (κ3) is 1.44. The van der Waals surface area contributed by atoms with Gasteiger partial charge >= 0.3 is 0 Å². The number of rotatable bonds is 2. The number of hydrogen-bond donors (Lipinski definition) is 2. The summed E-state index contributed by atoms with van der Waals surface area (Å²) in [7, 11) is 2.20. The van der Waals surface area contributed by atoms with Crippen molar-refractivity contribution in [3.63, 3.8) is 0 Å². The molecule has 4 nitrogen and oxygen atoms in total. The van der Waals surface area contributed by atoms with Crippen LogP contribution in [0.25, 0.3) is 0 Å². The molecule has 0 aromatic carbocycles. The van der Waals surface area contributed by atoms with Gasteiger partial charge in [0.25, 0.3) is 0 Å². The van der Waals surface area contributed by atoms with Gasteiger partial charge in [0.05, 0.1) is 0 Å². The van der Waals surface area contributed by atoms with E-state index >= 15 is 0 Å². The van der Waals surface area contributed by atoms with Crippen molar-refractivity contribution in [1.82, 2.24) is 9.80 Å². The average molecular weight is 236 g/mol. The van der Waals surface area contributed by atoms with E-state index < -0.39 is 0 Å². The predicted octanol–water partition coefficient (Wildman–Crippen LogP) is -0.846. The van der Waals surface area contributed by atoms with Gasteiger partial charge in [0.1, 0.15) is 0 Å². The first kappa shape index (κ1) is 10.7. The van der Waals surface area contributed by atoms with Gasteiger partial charge in [0.15, 0.2) is 0 Å². The van der Waals surface area contributed by atoms with E-state index in [0.717, 1.165) is 24.3 Å². The van der Waals surface area contributed by atoms with E-state index in [1.807, 2.05) is 0 Å². The van der Waals surface area contributed by atoms with Crippen LogP contribution in [0.3, 0.4) is 0 Å². The third-order valence-corrected chi connectivity index (χ3v) is 5.90. The van der Waals surface area contributed by atoms with Crippen LogP contribution in [-0.2, 0) is 0 Å². The Hall–Kier alpha value is -0.160. The van der Waals surface area contributed by atoms with Crippen molar-refractivity contribution in [2.24, 2.45) is 34.6 Å². The average Bonchev–Trinajstić information content (AvgIpc) is 2.96. The number of likely N-dealkylation sites (N-methyl/N-ethyl adjacent to an activating group) is 1. The summed E-state index contributed by atoms with van der Waals surface area (Å²) in [6, 6.07) is 0.941. The van der Waals surface area contributed by atoms with Crippen molar-refractivity contribution < 1.29 is 0 Å². The number of nitrogens with zero attached hydrogens (tertiary/aromatic N) is 2. The van der Waals surface area contributed by atoms with Crippen molar-refractivity contribution in [3.05, 3.63) is 0 Å². The predicted molar refractivity (Wildman–Crippen MR) is 67.4 cm³/mol. The van der Waals surface area contributed by atoms with Crippen LogP contribution in [0.2, 0.25) is 0 Å². The van der Waals surface area contributed by atoms with Gasteiger partial charge in [-0.05, 0) is 31.2 Å². The minimum absolute atomic E-state index is 0.414. The van der Waals surface area contributed by atoms with Crippen molar-refractivity contribution >= 4 is 0 Å². The van der Waals surface area contributed by atoms with Crippen LogP contribution >= 0.6 is 0 Å². The Labute approximate surface area is 103 Å². The van der Waals surface area contributed by atoms with Gasteiger partial charge in [-0.15, -0.1) is 0 Å². The highest BCUT2D eigenvalue weighted by Gasteiger charge is 2.62. The van der Waals surface area contributed by atoms with Gasteiger partial charge in [0, 0.05) is 50.2 Å². The van der Waals surface area contributed by atoms with Crippen molar-refractivity contribution in [3.8, 4) is 0 Å². The molecule has 4 aliphatic rings. The number of fused-ring (bicyclic) bond motifs is 1. The Morgan fingerprint density at radius 3 is 2.47 bits per heavy atom. The molecule has 4 fully saturated rings. The lowest BCUT2D eigenvalue weighted by atomic mass is 9.98. The fraction of sp³-hybridized carbons (Fsp3) is 1.00. The van der Waals surface area contributed by atoms with Crippen LogP contribution in [-0.4, -0.2) is 61.7 Å². The van der Waals surface area contributed by atoms with Crippen LogP contribution in [0.1, 0.15) is 6.42 Å². The second-order valence-electron chi connectivity index (χ2n) is 7.06. The molecule has 2 unspecified atom stereocenters. The summed E-state index contributed by atoms with van der Waals surface area (Å²) in [6.07, 6.45) is 1.36. The zero-order valence-corrected chi connectivity index (χ0v) is 10.7. The first-order valence-electron chi connectivity index (χ1n) is 7.02. The number of nitrogens with two attached hydrogens (primary N) is 2. The Kier molecular flexibility index (Phi) is 2.04. The zero-order chi connectivity index (χ0) is 11.8. The first-order valence-corrected chi connectivity index (χ1v) is 7.02. The molecular formula is C13H24N4. The normalized spacial score (nSPS) is 57.7. The Morgan fingerprint density at radius 2 is 1.88 bits per heavy atom. The standard InChI is InChI=1S/C13H24N4/c1-16-6-11(14)13(7-16)2-8(13)3-17-4-9-10(5-17)12(9)15/h8-12H,2-7,14-15H2,1H3/t8?,9-,10+,11-,12+,13?/m0/s1. The molecule has 4 heteroatoms. The SMILES string of the molecule is CN1C[C@H](N)C2(CC2CN2C[C@@H]3[C@@H](N)[C@@H]3C2)C1. The molecule has 0 amide bonds. The van der Waals surface area contributed by atoms with E-state index in [0.29, 0.717) is 17.5 Å². The first-order chi connectivity index (χ1) is 8.10. The molecule has 2 saturated heterocycles. The Morgan fingerprint density at radius 1 is 1.18 bits per heavy atom. The fourth-order valence-electron chi connectivity index (χ4n) is 4.62. The zero-order valence-electron chi connectivity index (χ0n) is 10.7. The van der Waals surface area contributed by atoms with Crippen LogP contribution in [0.15, 0.2) is 0 Å². The van der Waals surface area contributed by atoms with Crippen LogP contribution < -0.4 is 11.5 Å². The smallest absolute Gasteiger partial charge is 0.0240 e. The summed E-state index contributed by atoms with van der Waals surface area (Å²) in [5.74, 6) is 2.51. The topological polar surface area (TPSA) is 58.5 Å². The minimum Gasteiger partial charge on any atom is -0.327 e. The summed E-state index contributed by atoms with van der Waals surface area (Å²) in [5.41, 5.74) is 12.8. The Bertz CT molecular complexity index is 334. The molecule has 0 aromatic heterocycles. The molecule has 6 atom stereocenters. The molecule has 96 valence electrons. The Balaban J connectivity index is 1.34. The number of likely N-dealkylation sites (tertiary alicyclic amines) is 2. The molecule has 2 heterocycles. The van der Waals surface area contributed by atoms with Gasteiger partial charge in [-0.2, -0.15) is 0 Å². The molecule has 2 aliphatic carbocycles. The quantitative estimate of drug-likeness (QED) is 0.656. The van der Waals surface area contributed by atoms with E-state index in [2.05, 4.69) is 16.8 Å². The molecule has 2 aliphatic heterocycles. The summed E-state index contributed by atoms with van der Waals surface area (Å²) in [5, 5.41) is 0. The van der Waals surface area contributed by atoms with E-state index in [1.54, 1.807) is 0 Å². The number of hydrogen-bond acceptors (Lipinski definition) is 4. The molecule has 0 aromatic rings. The van der Waals surface area contributed by atoms with Crippen molar-refractivity contribution in [1.29, 1.82) is 0 Å². The molecule has 0 bridgehead atoms. The fourth-order valence-corrected chi connectivity index (χ4v) is 4.62. The highest BCUT2D eigenvalue weighted by atomic mass is 15.2. The largest absolute Gasteiger partial charge is 0.327 e. The van der Waals surface area contributed by atoms with Gasteiger partial charge in [-0.3, -0.25) is 0 Å². The van der Waals surface area contributed by atoms with Crippen molar-refractivity contribution in [2.45, 2.75) is 18.5 Å². The van der Waals surface area contributed by atoms with Gasteiger partial charge in [-0.1, -0.05) is 0 Å². The van der Waals surface area contributed by atoms with Gasteiger partial charge in [-0.25, -0.2) is 0 Å². The maximum absolute atomic E-state index is 6.31. The molecule has 1 spiro atoms. The summed E-state index contributed by atoms with van der Waals surface area (Å²) < 4.78 is 0. The molecule has 0 radical (unpaired) electrons. The van der Waals surface area contributed by atoms with E-state index in [9.17, 15) is 0 Å². The van der Waals surface area contributed by atoms with Crippen LogP contribution in [0, 0.1) is 23.2 Å². The van der Waals surface area contributed by atoms with Gasteiger partial charge in [0.2, 0.25) is 0 Å². The third-order valence-electron chi connectivity index (χ3n) is 5.90. The number of piperidine rings is 1. The monoisotopic (exact) mass is 236 g/mol. The summed E-state index contributed by atoms with van der Waals surface area (Å²) in [4.78, 5) is 5.05. The van der Waals surface area contributed by atoms with Crippen molar-refractivity contribution in [2.75, 3.05) is 39.8 Å². The minimum atomic E-state index is 0.414. The molecule has 4 N–H and O–H groups in total. The lowest BCUT2D eigenvalue weighted by Crippen LogP contribution is -2.35. The van der Waals surface area contributed by atoms with E-state index in [4.69, 9.17) is 11.5 Å². The highest BCUT2D eigenvalue weighted by molar-refractivity contribution is 5.16. The van der Waals surface area contributed by atoms with E-state index in [-0.39, 0.29) is 0 Å². The maximum atomic E-state index is 6.31. The molecule has 17 heavy (non-hydrogen) atoms. The summed E-state index contributed by atoms with van der Waals surface area (Å²) >= 11 is 0. The lowest BCUT2D eigenvalue weighted by molar-refractivity contribution is 0.260. The van der Waals surface area contributed by atoms with Crippen LogP contribution in [0.5, 0.6) is 0 Å². The van der Waals surface area contributed by atoms with Gasteiger partial charge < -0.3 is 21.3 Å². The highest BCUT2D eigenvalue weighted by Crippen LogP contribution is 2.58. The van der Waals surface area contributed by atoms with E-state index in [1.165, 1.54) is 32.6 Å². The second kappa shape index (κ2) is 3.23. The second-order valence-corrected chi connectivity index (χ2v) is 7.06. The molecule has 4 rings (SSSR count). The van der Waals surface area contributed by atoms with Crippen LogP contribution in [0.4, 0.5) is 0 Å². The maximum Gasteiger partial charge on any atom is 0.0240 e. The molecular weight excluding hydrogens is 212 g/mol. The lowest BCUT2D eigenvalue weighted by Gasteiger charge is -2.21. The summed E-state index contributed by atoms with van der Waals surface area (Å²) in [6.45, 7) is 6.10.